The molecule has 0 amide bonds. The summed E-state index contributed by atoms with van der Waals surface area (Å²) in [4.78, 5) is 0. The third-order valence-corrected chi connectivity index (χ3v) is 5.03. The van der Waals surface area contributed by atoms with Crippen LogP contribution < -0.4 is 5.32 Å². The van der Waals surface area contributed by atoms with Crippen molar-refractivity contribution in [3.8, 4) is 0 Å². The normalized spacial score (nSPS) is 38.6. The lowest BCUT2D eigenvalue weighted by Crippen LogP contribution is -2.49. The third-order valence-electron chi connectivity index (χ3n) is 5.03. The Kier molecular flexibility index (Phi) is 3.20. The first kappa shape index (κ1) is 12.0. The Morgan fingerprint density at radius 3 is 2.35 bits per heavy atom. The van der Waals surface area contributed by atoms with Crippen LogP contribution in [0.15, 0.2) is 0 Å². The molecule has 1 heterocycles. The Balaban J connectivity index is 1.56. The second kappa shape index (κ2) is 4.55. The second-order valence-electron chi connectivity index (χ2n) is 6.71. The molecule has 2 aliphatic carbocycles. The number of hydrogen-bond donors (Lipinski definition) is 1. The van der Waals surface area contributed by atoms with Gasteiger partial charge in [-0.1, -0.05) is 6.92 Å². The zero-order chi connectivity index (χ0) is 11.9. The van der Waals surface area contributed by atoms with E-state index in [1.165, 1.54) is 38.5 Å². The van der Waals surface area contributed by atoms with Gasteiger partial charge in [0.25, 0.3) is 0 Å². The predicted molar refractivity (Wildman–Crippen MR) is 70.0 cm³/mol. The molecular formula is C15H27NO. The summed E-state index contributed by atoms with van der Waals surface area (Å²) in [6, 6.07) is 1.55. The van der Waals surface area contributed by atoms with Crippen LogP contribution >= 0.6 is 0 Å². The van der Waals surface area contributed by atoms with Gasteiger partial charge in [0.2, 0.25) is 0 Å². The highest BCUT2D eigenvalue weighted by Crippen LogP contribution is 2.45. The maximum atomic E-state index is 5.94. The minimum Gasteiger partial charge on any atom is -0.375 e. The monoisotopic (exact) mass is 237 g/mol. The highest BCUT2D eigenvalue weighted by molar-refractivity contribution is 4.99. The van der Waals surface area contributed by atoms with Crippen molar-refractivity contribution in [2.45, 2.75) is 76.5 Å². The van der Waals surface area contributed by atoms with Crippen LogP contribution in [0.3, 0.4) is 0 Å². The van der Waals surface area contributed by atoms with Gasteiger partial charge in [-0.15, -0.1) is 0 Å². The van der Waals surface area contributed by atoms with E-state index in [1.54, 1.807) is 0 Å². The summed E-state index contributed by atoms with van der Waals surface area (Å²) in [7, 11) is 0. The Bertz CT molecular complexity index is 260. The molecule has 0 aromatic heterocycles. The first-order valence-corrected chi connectivity index (χ1v) is 7.60. The number of ether oxygens (including phenoxy) is 1. The van der Waals surface area contributed by atoms with Crippen LogP contribution in [0.4, 0.5) is 0 Å². The van der Waals surface area contributed by atoms with Gasteiger partial charge in [0.1, 0.15) is 0 Å². The third kappa shape index (κ3) is 2.85. The topological polar surface area (TPSA) is 21.3 Å². The standard InChI is InChI=1S/C15H27NO/c1-3-15(2)10-13(8-9-17-15)16-14(11-4-5-11)12-6-7-12/h11-14,16H,3-10H2,1-2H3. The summed E-state index contributed by atoms with van der Waals surface area (Å²) in [6.45, 7) is 5.48. The van der Waals surface area contributed by atoms with E-state index < -0.39 is 0 Å². The second-order valence-corrected chi connectivity index (χ2v) is 6.71. The Hall–Kier alpha value is -0.0800. The van der Waals surface area contributed by atoms with E-state index in [0.29, 0.717) is 6.04 Å². The molecule has 3 rings (SSSR count). The van der Waals surface area contributed by atoms with E-state index in [-0.39, 0.29) is 5.60 Å². The lowest BCUT2D eigenvalue weighted by atomic mass is 9.89. The van der Waals surface area contributed by atoms with Crippen LogP contribution in [0.25, 0.3) is 0 Å². The van der Waals surface area contributed by atoms with Crippen molar-refractivity contribution < 1.29 is 4.74 Å². The zero-order valence-electron chi connectivity index (χ0n) is 11.4. The zero-order valence-corrected chi connectivity index (χ0v) is 11.4. The molecule has 0 aromatic rings. The van der Waals surface area contributed by atoms with Gasteiger partial charge in [0.05, 0.1) is 5.60 Å². The van der Waals surface area contributed by atoms with Gasteiger partial charge in [0, 0.05) is 18.7 Å². The van der Waals surface area contributed by atoms with Crippen LogP contribution in [-0.2, 0) is 4.74 Å². The van der Waals surface area contributed by atoms with Crippen molar-refractivity contribution in [3.63, 3.8) is 0 Å². The highest BCUT2D eigenvalue weighted by Gasteiger charge is 2.43. The lowest BCUT2D eigenvalue weighted by Gasteiger charge is -2.39. The van der Waals surface area contributed by atoms with Gasteiger partial charge in [-0.05, 0) is 63.7 Å². The van der Waals surface area contributed by atoms with Crippen molar-refractivity contribution in [1.82, 2.24) is 5.32 Å². The minimum absolute atomic E-state index is 0.133. The van der Waals surface area contributed by atoms with Crippen LogP contribution in [0.1, 0.15) is 58.8 Å². The molecule has 2 heteroatoms. The Morgan fingerprint density at radius 1 is 1.18 bits per heavy atom. The molecule has 2 saturated carbocycles. The van der Waals surface area contributed by atoms with Crippen molar-refractivity contribution in [3.05, 3.63) is 0 Å². The predicted octanol–water partition coefficient (Wildman–Crippen LogP) is 3.11. The molecule has 1 N–H and O–H groups in total. The quantitative estimate of drug-likeness (QED) is 0.793. The fraction of sp³-hybridized carbons (Fsp3) is 1.00. The van der Waals surface area contributed by atoms with E-state index in [4.69, 9.17) is 4.74 Å². The molecule has 98 valence electrons. The van der Waals surface area contributed by atoms with E-state index in [0.717, 1.165) is 30.9 Å². The lowest BCUT2D eigenvalue weighted by molar-refractivity contribution is -0.0796. The van der Waals surface area contributed by atoms with E-state index in [9.17, 15) is 0 Å². The molecular weight excluding hydrogens is 210 g/mol. The molecule has 0 bridgehead atoms. The number of nitrogens with one attached hydrogen (secondary N) is 1. The molecule has 0 aromatic carbocycles. The molecule has 2 atom stereocenters. The average Bonchev–Trinajstić information content (AvgIpc) is 3.17. The molecule has 17 heavy (non-hydrogen) atoms. The van der Waals surface area contributed by atoms with E-state index in [1.807, 2.05) is 0 Å². The maximum absolute atomic E-state index is 5.94. The summed E-state index contributed by atoms with van der Waals surface area (Å²) < 4.78 is 5.94. The molecule has 0 radical (unpaired) electrons. The summed E-state index contributed by atoms with van der Waals surface area (Å²) in [5, 5.41) is 3.99. The Labute approximate surface area is 105 Å². The molecule has 0 spiro atoms. The SMILES string of the molecule is CCC1(C)CC(NC(C2CC2)C2CC2)CCO1. The molecule has 3 aliphatic rings. The van der Waals surface area contributed by atoms with Gasteiger partial charge >= 0.3 is 0 Å². The van der Waals surface area contributed by atoms with Gasteiger partial charge < -0.3 is 10.1 Å². The fourth-order valence-corrected chi connectivity index (χ4v) is 3.36. The van der Waals surface area contributed by atoms with Gasteiger partial charge in [0.15, 0.2) is 0 Å². The molecule has 1 aliphatic heterocycles. The highest BCUT2D eigenvalue weighted by atomic mass is 16.5. The van der Waals surface area contributed by atoms with Crippen molar-refractivity contribution in [2.24, 2.45) is 11.8 Å². The maximum Gasteiger partial charge on any atom is 0.0666 e. The number of hydrogen-bond acceptors (Lipinski definition) is 2. The van der Waals surface area contributed by atoms with Crippen LogP contribution in [0, 0.1) is 11.8 Å². The van der Waals surface area contributed by atoms with Crippen molar-refractivity contribution in [1.29, 1.82) is 0 Å². The number of rotatable bonds is 5. The molecule has 2 unspecified atom stereocenters. The summed E-state index contributed by atoms with van der Waals surface area (Å²) in [5.74, 6) is 2.02. The summed E-state index contributed by atoms with van der Waals surface area (Å²) >= 11 is 0. The minimum atomic E-state index is 0.133. The van der Waals surface area contributed by atoms with Crippen LogP contribution in [0.5, 0.6) is 0 Å². The van der Waals surface area contributed by atoms with Gasteiger partial charge in [-0.25, -0.2) is 0 Å². The Morgan fingerprint density at radius 2 is 1.82 bits per heavy atom. The van der Waals surface area contributed by atoms with E-state index in [2.05, 4.69) is 19.2 Å². The van der Waals surface area contributed by atoms with Crippen LogP contribution in [-0.4, -0.2) is 24.3 Å². The van der Waals surface area contributed by atoms with Gasteiger partial charge in [-0.3, -0.25) is 0 Å². The van der Waals surface area contributed by atoms with Crippen LogP contribution in [0.2, 0.25) is 0 Å². The summed E-state index contributed by atoms with van der Waals surface area (Å²) in [6.07, 6.45) is 9.46. The first-order valence-electron chi connectivity index (χ1n) is 7.60. The smallest absolute Gasteiger partial charge is 0.0666 e. The van der Waals surface area contributed by atoms with E-state index >= 15 is 0 Å². The largest absolute Gasteiger partial charge is 0.375 e. The fourth-order valence-electron chi connectivity index (χ4n) is 3.36. The van der Waals surface area contributed by atoms with Gasteiger partial charge in [-0.2, -0.15) is 0 Å². The summed E-state index contributed by atoms with van der Waals surface area (Å²) in [5.41, 5.74) is 0.133. The molecule has 1 saturated heterocycles. The first-order chi connectivity index (χ1) is 8.20. The molecule has 2 nitrogen and oxygen atoms in total. The van der Waals surface area contributed by atoms with Crippen molar-refractivity contribution >= 4 is 0 Å². The molecule has 3 fully saturated rings. The van der Waals surface area contributed by atoms with Crippen molar-refractivity contribution in [2.75, 3.05) is 6.61 Å². The average molecular weight is 237 g/mol.